The minimum Gasteiger partial charge on any atom is -0.389 e. The van der Waals surface area contributed by atoms with E-state index >= 15 is 0 Å². The number of halogens is 1. The fraction of sp³-hybridized carbons (Fsp3) is 0.625. The number of likely N-dealkylation sites (N-methyl/N-ethyl adjacent to an activating group) is 1. The number of hydrogen-bond acceptors (Lipinski definition) is 4. The van der Waals surface area contributed by atoms with E-state index in [0.717, 1.165) is 31.7 Å². The Morgan fingerprint density at radius 3 is 2.86 bits per heavy atom. The molecule has 118 valence electrons. The van der Waals surface area contributed by atoms with Crippen LogP contribution in [-0.2, 0) is 9.47 Å². The van der Waals surface area contributed by atoms with Crippen LogP contribution >= 0.6 is 0 Å². The molecule has 1 aromatic rings. The van der Waals surface area contributed by atoms with Gasteiger partial charge in [0.15, 0.2) is 0 Å². The van der Waals surface area contributed by atoms with Gasteiger partial charge in [-0.3, -0.25) is 0 Å². The molecule has 21 heavy (non-hydrogen) atoms. The molecule has 0 radical (unpaired) electrons. The summed E-state index contributed by atoms with van der Waals surface area (Å²) < 4.78 is 24.3. The predicted molar refractivity (Wildman–Crippen MR) is 80.1 cm³/mol. The number of benzene rings is 1. The Labute approximate surface area is 125 Å². The summed E-state index contributed by atoms with van der Waals surface area (Å²) in [6, 6.07) is 6.43. The number of aliphatic hydroxyl groups excluding tert-OH is 1. The molecule has 1 aliphatic rings. The maximum atomic E-state index is 13.3. The molecule has 1 heterocycles. The fourth-order valence-electron chi connectivity index (χ4n) is 2.49. The summed E-state index contributed by atoms with van der Waals surface area (Å²) in [7, 11) is 0. The molecule has 1 unspecified atom stereocenters. The SMILES string of the molecule is CCN(CC(O)COC1CCOCC1)c1cccc(F)c1. The lowest BCUT2D eigenvalue weighted by Crippen LogP contribution is -2.36. The van der Waals surface area contributed by atoms with Crippen molar-refractivity contribution in [2.75, 3.05) is 37.8 Å². The van der Waals surface area contributed by atoms with Crippen LogP contribution in [0.15, 0.2) is 24.3 Å². The lowest BCUT2D eigenvalue weighted by Gasteiger charge is -2.28. The Balaban J connectivity index is 1.80. The average Bonchev–Trinajstić information content (AvgIpc) is 2.51. The van der Waals surface area contributed by atoms with Gasteiger partial charge in [-0.15, -0.1) is 0 Å². The van der Waals surface area contributed by atoms with E-state index in [2.05, 4.69) is 0 Å². The normalized spacial score (nSPS) is 17.7. The van der Waals surface area contributed by atoms with Crippen LogP contribution in [-0.4, -0.2) is 50.2 Å². The van der Waals surface area contributed by atoms with E-state index in [-0.39, 0.29) is 11.9 Å². The van der Waals surface area contributed by atoms with Crippen LogP contribution in [0.25, 0.3) is 0 Å². The lowest BCUT2D eigenvalue weighted by molar-refractivity contribution is -0.0575. The monoisotopic (exact) mass is 297 g/mol. The van der Waals surface area contributed by atoms with Gasteiger partial charge in [-0.1, -0.05) is 6.07 Å². The smallest absolute Gasteiger partial charge is 0.125 e. The first-order valence-corrected chi connectivity index (χ1v) is 7.57. The van der Waals surface area contributed by atoms with Gasteiger partial charge in [0, 0.05) is 32.0 Å². The highest BCUT2D eigenvalue weighted by Gasteiger charge is 2.17. The summed E-state index contributed by atoms with van der Waals surface area (Å²) in [5.74, 6) is -0.265. The van der Waals surface area contributed by atoms with Crippen molar-refractivity contribution in [1.82, 2.24) is 0 Å². The summed E-state index contributed by atoms with van der Waals surface area (Å²) >= 11 is 0. The second kappa shape index (κ2) is 8.32. The van der Waals surface area contributed by atoms with Gasteiger partial charge in [-0.2, -0.15) is 0 Å². The van der Waals surface area contributed by atoms with Crippen LogP contribution in [0.1, 0.15) is 19.8 Å². The van der Waals surface area contributed by atoms with Crippen LogP contribution in [0.4, 0.5) is 10.1 Å². The molecular formula is C16H24FNO3. The third-order valence-electron chi connectivity index (χ3n) is 3.68. The maximum absolute atomic E-state index is 13.3. The highest BCUT2D eigenvalue weighted by Crippen LogP contribution is 2.16. The first kappa shape index (κ1) is 16.2. The Kier molecular flexibility index (Phi) is 6.42. The highest BCUT2D eigenvalue weighted by atomic mass is 19.1. The molecule has 1 N–H and O–H groups in total. The van der Waals surface area contributed by atoms with Crippen LogP contribution in [0.2, 0.25) is 0 Å². The van der Waals surface area contributed by atoms with Gasteiger partial charge in [-0.05, 0) is 38.0 Å². The Morgan fingerprint density at radius 1 is 1.43 bits per heavy atom. The van der Waals surface area contributed by atoms with Gasteiger partial charge in [0.1, 0.15) is 5.82 Å². The van der Waals surface area contributed by atoms with E-state index in [0.29, 0.717) is 19.7 Å². The van der Waals surface area contributed by atoms with Crippen LogP contribution in [0, 0.1) is 5.82 Å². The van der Waals surface area contributed by atoms with E-state index in [1.165, 1.54) is 12.1 Å². The zero-order valence-electron chi connectivity index (χ0n) is 12.5. The Bertz CT molecular complexity index is 424. The van der Waals surface area contributed by atoms with Crippen LogP contribution < -0.4 is 4.90 Å². The first-order chi connectivity index (χ1) is 10.2. The summed E-state index contributed by atoms with van der Waals surface area (Å²) in [5.41, 5.74) is 0.780. The van der Waals surface area contributed by atoms with Crippen LogP contribution in [0.3, 0.4) is 0 Å². The van der Waals surface area contributed by atoms with Crippen molar-refractivity contribution >= 4 is 5.69 Å². The van der Waals surface area contributed by atoms with Crippen molar-refractivity contribution < 1.29 is 19.0 Å². The molecule has 2 rings (SSSR count). The largest absolute Gasteiger partial charge is 0.389 e. The Morgan fingerprint density at radius 2 is 2.19 bits per heavy atom. The number of anilines is 1. The molecule has 5 heteroatoms. The van der Waals surface area contributed by atoms with E-state index in [4.69, 9.17) is 9.47 Å². The zero-order valence-corrected chi connectivity index (χ0v) is 12.5. The summed E-state index contributed by atoms with van der Waals surface area (Å²) in [6.45, 7) is 4.88. The number of aliphatic hydroxyl groups is 1. The van der Waals surface area contributed by atoms with E-state index in [1.54, 1.807) is 6.07 Å². The maximum Gasteiger partial charge on any atom is 0.125 e. The molecule has 1 atom stereocenters. The molecule has 0 spiro atoms. The number of ether oxygens (including phenoxy) is 2. The second-order valence-corrected chi connectivity index (χ2v) is 5.32. The van der Waals surface area contributed by atoms with Gasteiger partial charge in [0.25, 0.3) is 0 Å². The van der Waals surface area contributed by atoms with E-state index in [1.807, 2.05) is 17.9 Å². The first-order valence-electron chi connectivity index (χ1n) is 7.57. The molecule has 0 saturated carbocycles. The third kappa shape index (κ3) is 5.26. The molecule has 1 saturated heterocycles. The molecule has 4 nitrogen and oxygen atoms in total. The van der Waals surface area contributed by atoms with Crippen molar-refractivity contribution in [3.63, 3.8) is 0 Å². The fourth-order valence-corrected chi connectivity index (χ4v) is 2.49. The third-order valence-corrected chi connectivity index (χ3v) is 3.68. The van der Waals surface area contributed by atoms with Crippen molar-refractivity contribution in [2.45, 2.75) is 32.0 Å². The van der Waals surface area contributed by atoms with Gasteiger partial charge >= 0.3 is 0 Å². The molecule has 0 bridgehead atoms. The summed E-state index contributed by atoms with van der Waals surface area (Å²) in [4.78, 5) is 1.95. The van der Waals surface area contributed by atoms with Crippen molar-refractivity contribution in [3.8, 4) is 0 Å². The molecule has 1 fully saturated rings. The van der Waals surface area contributed by atoms with Crippen molar-refractivity contribution in [2.24, 2.45) is 0 Å². The molecule has 0 aromatic heterocycles. The van der Waals surface area contributed by atoms with Crippen LogP contribution in [0.5, 0.6) is 0 Å². The minimum atomic E-state index is -0.587. The van der Waals surface area contributed by atoms with Gasteiger partial charge in [-0.25, -0.2) is 4.39 Å². The zero-order chi connectivity index (χ0) is 15.1. The van der Waals surface area contributed by atoms with Crippen molar-refractivity contribution in [1.29, 1.82) is 0 Å². The number of nitrogens with zero attached hydrogens (tertiary/aromatic N) is 1. The second-order valence-electron chi connectivity index (χ2n) is 5.32. The molecule has 1 aliphatic heterocycles. The van der Waals surface area contributed by atoms with Gasteiger partial charge in [0.05, 0.1) is 18.8 Å². The average molecular weight is 297 g/mol. The Hall–Kier alpha value is -1.17. The molecular weight excluding hydrogens is 273 g/mol. The molecule has 0 aliphatic carbocycles. The topological polar surface area (TPSA) is 41.9 Å². The number of rotatable bonds is 7. The van der Waals surface area contributed by atoms with E-state index < -0.39 is 6.10 Å². The molecule has 0 amide bonds. The molecule has 1 aromatic carbocycles. The quantitative estimate of drug-likeness (QED) is 0.838. The lowest BCUT2D eigenvalue weighted by atomic mass is 10.1. The minimum absolute atomic E-state index is 0.178. The highest BCUT2D eigenvalue weighted by molar-refractivity contribution is 5.46. The van der Waals surface area contributed by atoms with Gasteiger partial charge in [0.2, 0.25) is 0 Å². The van der Waals surface area contributed by atoms with E-state index in [9.17, 15) is 9.50 Å². The summed E-state index contributed by atoms with van der Waals surface area (Å²) in [6.07, 6.45) is 1.36. The predicted octanol–water partition coefficient (Wildman–Crippen LogP) is 2.21. The van der Waals surface area contributed by atoms with Crippen molar-refractivity contribution in [3.05, 3.63) is 30.1 Å². The summed E-state index contributed by atoms with van der Waals surface area (Å²) in [5, 5.41) is 10.1. The number of hydrogen-bond donors (Lipinski definition) is 1. The van der Waals surface area contributed by atoms with Gasteiger partial charge < -0.3 is 19.5 Å². The standard InChI is InChI=1S/C16H24FNO3/c1-2-18(14-5-3-4-13(17)10-14)11-15(19)12-21-16-6-8-20-9-7-16/h3-5,10,15-16,19H,2,6-9,11-12H2,1H3.